The smallest absolute Gasteiger partial charge is 0.295 e. The van der Waals surface area contributed by atoms with Gasteiger partial charge in [0.25, 0.3) is 11.7 Å². The maximum absolute atomic E-state index is 13.0. The molecule has 2 heterocycles. The number of halogens is 3. The molecule has 6 nitrogen and oxygen atoms in total. The Hall–Kier alpha value is -2.09. The molecular formula is C23H26Cl3N3O3. The fourth-order valence-electron chi connectivity index (χ4n) is 4.04. The minimum absolute atomic E-state index is 0. The van der Waals surface area contributed by atoms with Gasteiger partial charge in [-0.05, 0) is 29.8 Å². The van der Waals surface area contributed by atoms with Gasteiger partial charge in [0.15, 0.2) is 0 Å². The summed E-state index contributed by atoms with van der Waals surface area (Å²) < 4.78 is 0. The Kier molecular flexibility index (Phi) is 9.55. The van der Waals surface area contributed by atoms with Gasteiger partial charge in [-0.15, -0.1) is 24.8 Å². The van der Waals surface area contributed by atoms with Gasteiger partial charge in [0.2, 0.25) is 0 Å². The number of hydrogen-bond acceptors (Lipinski definition) is 5. The van der Waals surface area contributed by atoms with Crippen molar-refractivity contribution in [3.05, 3.63) is 76.3 Å². The minimum Gasteiger partial charge on any atom is -0.507 e. The number of carbonyl (C=O) groups is 2. The quantitative estimate of drug-likeness (QED) is 0.375. The highest BCUT2D eigenvalue weighted by Gasteiger charge is 2.45. The van der Waals surface area contributed by atoms with Crippen molar-refractivity contribution in [3.8, 4) is 0 Å². The lowest BCUT2D eigenvalue weighted by Gasteiger charge is -2.31. The van der Waals surface area contributed by atoms with E-state index in [2.05, 4.69) is 10.2 Å². The summed E-state index contributed by atoms with van der Waals surface area (Å²) in [5.41, 5.74) is 1.38. The molecule has 1 atom stereocenters. The standard InChI is InChI=1S/C23H24ClN3O3.2ClH/c24-18-8-6-17(7-9-18)21(28)19-20(16-4-2-1-3-5-16)27(23(30)22(19)29)15-14-26-12-10-25-11-13-26;;/h1-9,20,25,28H,10-15H2;2*1H. The van der Waals surface area contributed by atoms with Crippen molar-refractivity contribution < 1.29 is 14.7 Å². The lowest BCUT2D eigenvalue weighted by molar-refractivity contribution is -0.140. The van der Waals surface area contributed by atoms with Gasteiger partial charge >= 0.3 is 0 Å². The number of nitrogens with zero attached hydrogens (tertiary/aromatic N) is 2. The van der Waals surface area contributed by atoms with Gasteiger partial charge in [0, 0.05) is 49.9 Å². The van der Waals surface area contributed by atoms with E-state index in [9.17, 15) is 14.7 Å². The van der Waals surface area contributed by atoms with Crippen molar-refractivity contribution in [2.45, 2.75) is 6.04 Å². The molecule has 2 aromatic carbocycles. The second kappa shape index (κ2) is 11.7. The van der Waals surface area contributed by atoms with E-state index in [4.69, 9.17) is 11.6 Å². The molecule has 2 N–H and O–H groups in total. The van der Waals surface area contributed by atoms with Gasteiger partial charge in [-0.3, -0.25) is 14.5 Å². The maximum atomic E-state index is 13.0. The summed E-state index contributed by atoms with van der Waals surface area (Å²) in [4.78, 5) is 29.8. The number of Topliss-reactive ketones (excluding diaryl/α,β-unsaturated/α-hetero) is 1. The van der Waals surface area contributed by atoms with Crippen LogP contribution in [-0.4, -0.2) is 65.9 Å². The molecule has 2 saturated heterocycles. The maximum Gasteiger partial charge on any atom is 0.295 e. The predicted molar refractivity (Wildman–Crippen MR) is 131 cm³/mol. The average Bonchev–Trinajstić information content (AvgIpc) is 3.04. The zero-order chi connectivity index (χ0) is 21.1. The number of piperazine rings is 1. The Balaban J connectivity index is 0.00000181. The van der Waals surface area contributed by atoms with Gasteiger partial charge in [-0.2, -0.15) is 0 Å². The third kappa shape index (κ3) is 5.45. The summed E-state index contributed by atoms with van der Waals surface area (Å²) in [5, 5.41) is 14.8. The number of benzene rings is 2. The van der Waals surface area contributed by atoms with E-state index in [1.807, 2.05) is 30.3 Å². The number of ketones is 1. The van der Waals surface area contributed by atoms with E-state index in [1.54, 1.807) is 29.2 Å². The molecule has 32 heavy (non-hydrogen) atoms. The molecule has 2 fully saturated rings. The van der Waals surface area contributed by atoms with E-state index in [1.165, 1.54) is 0 Å². The molecule has 0 aliphatic carbocycles. The van der Waals surface area contributed by atoms with Crippen molar-refractivity contribution in [3.63, 3.8) is 0 Å². The molecule has 1 amide bonds. The summed E-state index contributed by atoms with van der Waals surface area (Å²) in [7, 11) is 0. The van der Waals surface area contributed by atoms with Crippen LogP contribution in [0.2, 0.25) is 5.02 Å². The number of hydrogen-bond donors (Lipinski definition) is 2. The van der Waals surface area contributed by atoms with E-state index in [0.717, 1.165) is 31.7 Å². The molecular weight excluding hydrogens is 473 g/mol. The second-order valence-electron chi connectivity index (χ2n) is 7.50. The van der Waals surface area contributed by atoms with Gasteiger partial charge in [-0.1, -0.05) is 41.9 Å². The summed E-state index contributed by atoms with van der Waals surface area (Å²) in [6.45, 7) is 4.74. The second-order valence-corrected chi connectivity index (χ2v) is 7.94. The molecule has 0 spiro atoms. The Bertz CT molecular complexity index is 961. The van der Waals surface area contributed by atoms with E-state index in [-0.39, 0.29) is 36.1 Å². The summed E-state index contributed by atoms with van der Waals surface area (Å²) in [5.74, 6) is -1.41. The first-order valence-electron chi connectivity index (χ1n) is 10.1. The number of rotatable bonds is 5. The molecule has 2 aromatic rings. The molecule has 9 heteroatoms. The predicted octanol–water partition coefficient (Wildman–Crippen LogP) is 3.51. The Morgan fingerprint density at radius 1 is 0.969 bits per heavy atom. The first kappa shape index (κ1) is 26.2. The van der Waals surface area contributed by atoms with Crippen LogP contribution in [0.25, 0.3) is 5.76 Å². The van der Waals surface area contributed by atoms with Gasteiger partial charge in [0.1, 0.15) is 5.76 Å². The Morgan fingerprint density at radius 2 is 1.59 bits per heavy atom. The number of carbonyl (C=O) groups excluding carboxylic acids is 2. The number of nitrogens with one attached hydrogen (secondary N) is 1. The molecule has 4 rings (SSSR count). The largest absolute Gasteiger partial charge is 0.507 e. The van der Waals surface area contributed by atoms with Crippen LogP contribution < -0.4 is 5.32 Å². The Morgan fingerprint density at radius 3 is 2.22 bits per heavy atom. The van der Waals surface area contributed by atoms with Crippen LogP contribution >= 0.6 is 36.4 Å². The zero-order valence-electron chi connectivity index (χ0n) is 17.4. The molecule has 0 aromatic heterocycles. The zero-order valence-corrected chi connectivity index (χ0v) is 19.8. The van der Waals surface area contributed by atoms with Crippen molar-refractivity contribution in [2.24, 2.45) is 0 Å². The minimum atomic E-state index is -0.656. The SMILES string of the molecule is Cl.Cl.O=C1C(=O)N(CCN2CCNCC2)C(c2ccccc2)C1=C(O)c1ccc(Cl)cc1. The fraction of sp³-hybridized carbons (Fsp3) is 0.304. The summed E-state index contributed by atoms with van der Waals surface area (Å²) in [6, 6.07) is 15.3. The van der Waals surface area contributed by atoms with Crippen LogP contribution in [0.15, 0.2) is 60.2 Å². The number of aliphatic hydroxyl groups excluding tert-OH is 1. The van der Waals surface area contributed by atoms with E-state index in [0.29, 0.717) is 23.7 Å². The monoisotopic (exact) mass is 497 g/mol. The number of likely N-dealkylation sites (tertiary alicyclic amines) is 1. The molecule has 1 unspecified atom stereocenters. The molecule has 0 radical (unpaired) electrons. The fourth-order valence-corrected chi connectivity index (χ4v) is 4.17. The average molecular weight is 499 g/mol. The number of amides is 1. The first-order valence-corrected chi connectivity index (χ1v) is 10.5. The van der Waals surface area contributed by atoms with Crippen molar-refractivity contribution in [2.75, 3.05) is 39.3 Å². The first-order chi connectivity index (χ1) is 14.6. The third-order valence-corrected chi connectivity index (χ3v) is 5.89. The highest BCUT2D eigenvalue weighted by molar-refractivity contribution is 6.46. The normalized spacial score (nSPS) is 20.5. The summed E-state index contributed by atoms with van der Waals surface area (Å²) in [6.07, 6.45) is 0. The number of aliphatic hydroxyl groups is 1. The molecule has 0 bridgehead atoms. The third-order valence-electron chi connectivity index (χ3n) is 5.64. The highest BCUT2D eigenvalue weighted by atomic mass is 35.5. The molecule has 172 valence electrons. The molecule has 2 aliphatic rings. The lowest BCUT2D eigenvalue weighted by atomic mass is 9.95. The van der Waals surface area contributed by atoms with Crippen LogP contribution in [0.3, 0.4) is 0 Å². The van der Waals surface area contributed by atoms with Crippen LogP contribution in [0.5, 0.6) is 0 Å². The highest BCUT2D eigenvalue weighted by Crippen LogP contribution is 2.39. The van der Waals surface area contributed by atoms with Crippen LogP contribution in [-0.2, 0) is 9.59 Å². The van der Waals surface area contributed by atoms with Crippen molar-refractivity contribution in [1.82, 2.24) is 15.1 Å². The van der Waals surface area contributed by atoms with Gasteiger partial charge < -0.3 is 15.3 Å². The molecule has 0 saturated carbocycles. The lowest BCUT2D eigenvalue weighted by Crippen LogP contribution is -2.46. The van der Waals surface area contributed by atoms with Gasteiger partial charge in [0.05, 0.1) is 11.6 Å². The van der Waals surface area contributed by atoms with Crippen LogP contribution in [0, 0.1) is 0 Å². The van der Waals surface area contributed by atoms with Gasteiger partial charge in [-0.25, -0.2) is 0 Å². The summed E-state index contributed by atoms with van der Waals surface area (Å²) >= 11 is 5.95. The van der Waals surface area contributed by atoms with Crippen molar-refractivity contribution >= 4 is 53.9 Å². The molecule has 2 aliphatic heterocycles. The van der Waals surface area contributed by atoms with Crippen molar-refractivity contribution in [1.29, 1.82) is 0 Å². The van der Waals surface area contributed by atoms with Crippen LogP contribution in [0.1, 0.15) is 17.2 Å². The topological polar surface area (TPSA) is 72.9 Å². The Labute approximate surface area is 205 Å². The van der Waals surface area contributed by atoms with E-state index >= 15 is 0 Å². The van der Waals surface area contributed by atoms with E-state index < -0.39 is 17.7 Å². The van der Waals surface area contributed by atoms with Crippen LogP contribution in [0.4, 0.5) is 0 Å².